The second-order valence-corrected chi connectivity index (χ2v) is 7.83. The number of carbonyl (C=O) groups excluding carboxylic acids is 1. The first kappa shape index (κ1) is 20.2. The summed E-state index contributed by atoms with van der Waals surface area (Å²) in [5.41, 5.74) is 3.50. The van der Waals surface area contributed by atoms with Crippen molar-refractivity contribution >= 4 is 6.09 Å². The van der Waals surface area contributed by atoms with Gasteiger partial charge in [-0.3, -0.25) is 0 Å². The van der Waals surface area contributed by atoms with Crippen molar-refractivity contribution in [3.05, 3.63) is 108 Å². The van der Waals surface area contributed by atoms with Crippen molar-refractivity contribution in [1.82, 2.24) is 10.2 Å². The molecule has 0 radical (unpaired) electrons. The Bertz CT molecular complexity index is 916. The number of ether oxygens (including phenoxy) is 1. The van der Waals surface area contributed by atoms with Crippen molar-refractivity contribution in [2.45, 2.75) is 31.5 Å². The fourth-order valence-corrected chi connectivity index (χ4v) is 3.99. The highest BCUT2D eigenvalue weighted by molar-refractivity contribution is 5.68. The topological polar surface area (TPSA) is 41.6 Å². The molecule has 0 aromatic heterocycles. The zero-order valence-corrected chi connectivity index (χ0v) is 17.1. The SMILES string of the molecule is O=C(OCc1ccccc1)N1C[C@H](Cc2ccccc2)NC[C@H]1Cc1ccccc1. The first-order valence-electron chi connectivity index (χ1n) is 10.6. The third-order valence-electron chi connectivity index (χ3n) is 5.58. The summed E-state index contributed by atoms with van der Waals surface area (Å²) in [5.74, 6) is 0. The Morgan fingerprint density at radius 2 is 1.33 bits per heavy atom. The molecule has 1 amide bonds. The van der Waals surface area contributed by atoms with Gasteiger partial charge in [0.1, 0.15) is 6.61 Å². The quantitative estimate of drug-likeness (QED) is 0.665. The van der Waals surface area contributed by atoms with Crippen LogP contribution in [0.25, 0.3) is 0 Å². The highest BCUT2D eigenvalue weighted by Gasteiger charge is 2.32. The summed E-state index contributed by atoms with van der Waals surface area (Å²) < 4.78 is 5.69. The molecule has 0 unspecified atom stereocenters. The normalized spacial score (nSPS) is 18.7. The molecule has 1 N–H and O–H groups in total. The molecule has 154 valence electrons. The minimum Gasteiger partial charge on any atom is -0.445 e. The lowest BCUT2D eigenvalue weighted by molar-refractivity contribution is 0.0629. The summed E-state index contributed by atoms with van der Waals surface area (Å²) in [6.45, 7) is 1.69. The number of amides is 1. The average Bonchev–Trinajstić information content (AvgIpc) is 2.80. The number of carbonyl (C=O) groups is 1. The van der Waals surface area contributed by atoms with Crippen molar-refractivity contribution in [2.75, 3.05) is 13.1 Å². The standard InChI is InChI=1S/C26H28N2O2/c29-26(30-20-23-14-8-3-9-15-23)28-19-24(16-21-10-4-1-5-11-21)27-18-25(28)17-22-12-6-2-7-13-22/h1-15,24-25,27H,16-20H2/t24-,25+/m0/s1. The maximum atomic E-state index is 13.0. The van der Waals surface area contributed by atoms with Crippen LogP contribution in [-0.4, -0.2) is 36.2 Å². The Kier molecular flexibility index (Phi) is 6.78. The third kappa shape index (κ3) is 5.49. The highest BCUT2D eigenvalue weighted by atomic mass is 16.6. The molecular weight excluding hydrogens is 372 g/mol. The molecule has 3 aromatic rings. The summed E-state index contributed by atoms with van der Waals surface area (Å²) in [5, 5.41) is 3.65. The summed E-state index contributed by atoms with van der Waals surface area (Å²) in [4.78, 5) is 15.0. The number of rotatable bonds is 6. The molecule has 4 heteroatoms. The van der Waals surface area contributed by atoms with Gasteiger partial charge in [-0.25, -0.2) is 4.79 Å². The van der Waals surface area contributed by atoms with E-state index in [1.807, 2.05) is 59.5 Å². The summed E-state index contributed by atoms with van der Waals surface area (Å²) in [7, 11) is 0. The molecular formula is C26H28N2O2. The minimum atomic E-state index is -0.237. The van der Waals surface area contributed by atoms with Crippen molar-refractivity contribution in [3.8, 4) is 0 Å². The van der Waals surface area contributed by atoms with Crippen LogP contribution in [0.4, 0.5) is 4.79 Å². The fourth-order valence-electron chi connectivity index (χ4n) is 3.99. The van der Waals surface area contributed by atoms with Crippen LogP contribution >= 0.6 is 0 Å². The third-order valence-corrected chi connectivity index (χ3v) is 5.58. The van der Waals surface area contributed by atoms with Gasteiger partial charge in [-0.2, -0.15) is 0 Å². The van der Waals surface area contributed by atoms with Gasteiger partial charge in [0.2, 0.25) is 0 Å². The Balaban J connectivity index is 1.44. The van der Waals surface area contributed by atoms with Crippen LogP contribution in [-0.2, 0) is 24.2 Å². The van der Waals surface area contributed by atoms with Crippen LogP contribution in [0.3, 0.4) is 0 Å². The van der Waals surface area contributed by atoms with E-state index < -0.39 is 0 Å². The first-order valence-corrected chi connectivity index (χ1v) is 10.6. The van der Waals surface area contributed by atoms with Gasteiger partial charge in [0, 0.05) is 19.1 Å². The molecule has 4 nitrogen and oxygen atoms in total. The van der Waals surface area contributed by atoms with Gasteiger partial charge in [0.15, 0.2) is 0 Å². The van der Waals surface area contributed by atoms with E-state index in [1.54, 1.807) is 0 Å². The fraction of sp³-hybridized carbons (Fsp3) is 0.269. The molecule has 1 heterocycles. The van der Waals surface area contributed by atoms with Crippen LogP contribution in [0.1, 0.15) is 16.7 Å². The number of piperazine rings is 1. The van der Waals surface area contributed by atoms with Crippen LogP contribution < -0.4 is 5.32 Å². The number of hydrogen-bond donors (Lipinski definition) is 1. The van der Waals surface area contributed by atoms with E-state index in [0.29, 0.717) is 13.2 Å². The molecule has 0 aliphatic carbocycles. The van der Waals surface area contributed by atoms with E-state index in [4.69, 9.17) is 4.74 Å². The number of benzene rings is 3. The molecule has 0 bridgehead atoms. The predicted octanol–water partition coefficient (Wildman–Crippen LogP) is 4.45. The van der Waals surface area contributed by atoms with Gasteiger partial charge in [-0.15, -0.1) is 0 Å². The monoisotopic (exact) mass is 400 g/mol. The second-order valence-electron chi connectivity index (χ2n) is 7.83. The number of nitrogens with one attached hydrogen (secondary N) is 1. The van der Waals surface area contributed by atoms with Crippen LogP contribution in [0.15, 0.2) is 91.0 Å². The maximum absolute atomic E-state index is 13.0. The van der Waals surface area contributed by atoms with E-state index in [-0.39, 0.29) is 18.2 Å². The summed E-state index contributed by atoms with van der Waals surface area (Å²) in [6.07, 6.45) is 1.47. The van der Waals surface area contributed by atoms with Gasteiger partial charge in [-0.05, 0) is 29.5 Å². The molecule has 30 heavy (non-hydrogen) atoms. The molecule has 1 aliphatic heterocycles. The lowest BCUT2D eigenvalue weighted by Gasteiger charge is -2.40. The van der Waals surface area contributed by atoms with E-state index >= 15 is 0 Å². The van der Waals surface area contributed by atoms with Gasteiger partial charge >= 0.3 is 6.09 Å². The Morgan fingerprint density at radius 3 is 1.93 bits per heavy atom. The Morgan fingerprint density at radius 1 is 0.800 bits per heavy atom. The maximum Gasteiger partial charge on any atom is 0.410 e. The van der Waals surface area contributed by atoms with Gasteiger partial charge in [0.25, 0.3) is 0 Å². The Hall–Kier alpha value is -3.11. The smallest absolute Gasteiger partial charge is 0.410 e. The van der Waals surface area contributed by atoms with Crippen LogP contribution in [0.5, 0.6) is 0 Å². The van der Waals surface area contributed by atoms with E-state index in [9.17, 15) is 4.79 Å². The van der Waals surface area contributed by atoms with E-state index in [2.05, 4.69) is 41.7 Å². The molecule has 1 aliphatic rings. The van der Waals surface area contributed by atoms with Crippen LogP contribution in [0, 0.1) is 0 Å². The predicted molar refractivity (Wildman–Crippen MR) is 119 cm³/mol. The molecule has 0 saturated carbocycles. The number of hydrogen-bond acceptors (Lipinski definition) is 3. The lowest BCUT2D eigenvalue weighted by Crippen LogP contribution is -2.59. The average molecular weight is 401 g/mol. The number of nitrogens with zero attached hydrogens (tertiary/aromatic N) is 1. The van der Waals surface area contributed by atoms with Crippen molar-refractivity contribution in [3.63, 3.8) is 0 Å². The van der Waals surface area contributed by atoms with Crippen LogP contribution in [0.2, 0.25) is 0 Å². The van der Waals surface area contributed by atoms with Crippen molar-refractivity contribution in [1.29, 1.82) is 0 Å². The van der Waals surface area contributed by atoms with Gasteiger partial charge in [-0.1, -0.05) is 91.0 Å². The molecule has 1 saturated heterocycles. The van der Waals surface area contributed by atoms with Gasteiger partial charge in [0.05, 0.1) is 6.04 Å². The highest BCUT2D eigenvalue weighted by Crippen LogP contribution is 2.17. The molecule has 2 atom stereocenters. The van der Waals surface area contributed by atoms with Gasteiger partial charge < -0.3 is 15.0 Å². The zero-order valence-electron chi connectivity index (χ0n) is 17.1. The summed E-state index contributed by atoms with van der Waals surface area (Å²) in [6, 6.07) is 30.9. The zero-order chi connectivity index (χ0) is 20.6. The van der Waals surface area contributed by atoms with Crippen molar-refractivity contribution < 1.29 is 9.53 Å². The molecule has 0 spiro atoms. The molecule has 4 rings (SSSR count). The summed E-state index contributed by atoms with van der Waals surface area (Å²) >= 11 is 0. The molecule has 1 fully saturated rings. The van der Waals surface area contributed by atoms with E-state index in [0.717, 1.165) is 24.9 Å². The first-order chi connectivity index (χ1) is 14.8. The van der Waals surface area contributed by atoms with Crippen molar-refractivity contribution in [2.24, 2.45) is 0 Å². The second kappa shape index (κ2) is 10.1. The Labute approximate surface area is 178 Å². The minimum absolute atomic E-state index is 0.0719. The molecule has 3 aromatic carbocycles. The largest absolute Gasteiger partial charge is 0.445 e. The van der Waals surface area contributed by atoms with E-state index in [1.165, 1.54) is 11.1 Å². The lowest BCUT2D eigenvalue weighted by atomic mass is 9.98.